The SMILES string of the molecule is C=C(C)[C@@H]1CC[C@]2(NCCN3CCC(C)CC3)CC[C@]3(C)[C@H](CC[C@@H]4[C@@]5(C)CC=C(C6=CC[C@H](OC=O)CC6)C(C)(C)[C@@H]5CC[C@]43C)[C@@H]12. The number of rotatable bonds is 8. The summed E-state index contributed by atoms with van der Waals surface area (Å²) in [7, 11) is 0. The van der Waals surface area contributed by atoms with Crippen molar-refractivity contribution in [1.29, 1.82) is 0 Å². The van der Waals surface area contributed by atoms with Crippen LogP contribution < -0.4 is 5.32 Å². The Kier molecular flexibility index (Phi) is 9.25. The smallest absolute Gasteiger partial charge is 0.293 e. The van der Waals surface area contributed by atoms with Gasteiger partial charge in [-0.1, -0.05) is 65.8 Å². The molecule has 7 rings (SSSR count). The molecule has 1 saturated heterocycles. The first-order chi connectivity index (χ1) is 22.8. The summed E-state index contributed by atoms with van der Waals surface area (Å²) >= 11 is 0. The van der Waals surface area contributed by atoms with Crippen molar-refractivity contribution in [2.75, 3.05) is 26.2 Å². The summed E-state index contributed by atoms with van der Waals surface area (Å²) in [5, 5.41) is 4.36. The molecule has 4 nitrogen and oxygen atoms in total. The monoisotopic (exact) mass is 659 g/mol. The van der Waals surface area contributed by atoms with Crippen LogP contribution in [-0.2, 0) is 9.53 Å². The lowest BCUT2D eigenvalue weighted by atomic mass is 9.33. The first-order valence-electron chi connectivity index (χ1n) is 20.4. The second-order valence-corrected chi connectivity index (χ2v) is 19.7. The molecule has 0 radical (unpaired) electrons. The van der Waals surface area contributed by atoms with Crippen LogP contribution in [0.4, 0.5) is 0 Å². The van der Waals surface area contributed by atoms with Gasteiger partial charge in [-0.25, -0.2) is 0 Å². The van der Waals surface area contributed by atoms with Crippen molar-refractivity contribution in [3.05, 3.63) is 35.5 Å². The molecular weight excluding hydrogens is 588 g/mol. The fourth-order valence-corrected chi connectivity index (χ4v) is 14.6. The van der Waals surface area contributed by atoms with Crippen molar-refractivity contribution in [3.63, 3.8) is 0 Å². The first-order valence-corrected chi connectivity index (χ1v) is 20.4. The van der Waals surface area contributed by atoms with Crippen molar-refractivity contribution in [1.82, 2.24) is 10.2 Å². The van der Waals surface area contributed by atoms with Gasteiger partial charge in [0.15, 0.2) is 0 Å². The van der Waals surface area contributed by atoms with Crippen LogP contribution in [0.2, 0.25) is 0 Å². The Morgan fingerprint density at radius 2 is 1.71 bits per heavy atom. The predicted molar refractivity (Wildman–Crippen MR) is 198 cm³/mol. The molecule has 0 aromatic rings. The molecule has 7 aliphatic rings. The maximum atomic E-state index is 11.0. The fraction of sp³-hybridized carbons (Fsp3) is 0.841. The number of ether oxygens (including phenoxy) is 1. The average molecular weight is 659 g/mol. The summed E-state index contributed by atoms with van der Waals surface area (Å²) < 4.78 is 5.34. The molecule has 0 aromatic heterocycles. The number of hydrogen-bond acceptors (Lipinski definition) is 4. The van der Waals surface area contributed by atoms with Gasteiger partial charge in [0.1, 0.15) is 6.10 Å². The number of piperidine rings is 1. The minimum absolute atomic E-state index is 0.0579. The molecule has 10 atom stereocenters. The third kappa shape index (κ3) is 5.38. The third-order valence-electron chi connectivity index (χ3n) is 17.4. The average Bonchev–Trinajstić information content (AvgIpc) is 3.43. The van der Waals surface area contributed by atoms with E-state index in [0.29, 0.717) is 40.1 Å². The van der Waals surface area contributed by atoms with Gasteiger partial charge < -0.3 is 15.0 Å². The summed E-state index contributed by atoms with van der Waals surface area (Å²) in [6.45, 7) is 28.5. The summed E-state index contributed by atoms with van der Waals surface area (Å²) in [4.78, 5) is 13.7. The molecule has 1 aliphatic heterocycles. The van der Waals surface area contributed by atoms with E-state index in [-0.39, 0.29) is 11.5 Å². The molecule has 4 saturated carbocycles. The van der Waals surface area contributed by atoms with Crippen LogP contribution in [0.3, 0.4) is 0 Å². The van der Waals surface area contributed by atoms with Gasteiger partial charge in [-0.3, -0.25) is 4.79 Å². The lowest BCUT2D eigenvalue weighted by Crippen LogP contribution is -2.68. The van der Waals surface area contributed by atoms with E-state index in [9.17, 15) is 4.79 Å². The first kappa shape index (κ1) is 35.0. The minimum atomic E-state index is 0.0579. The highest BCUT2D eigenvalue weighted by Crippen LogP contribution is 2.76. The van der Waals surface area contributed by atoms with Crippen LogP contribution in [-0.4, -0.2) is 49.2 Å². The number of carbonyl (C=O) groups excluding carboxylic acids is 1. The van der Waals surface area contributed by atoms with Crippen LogP contribution in [0, 0.1) is 57.2 Å². The number of allylic oxidation sites excluding steroid dienone is 4. The van der Waals surface area contributed by atoms with E-state index in [4.69, 9.17) is 4.74 Å². The topological polar surface area (TPSA) is 41.6 Å². The Morgan fingerprint density at radius 1 is 0.938 bits per heavy atom. The Hall–Kier alpha value is -1.39. The highest BCUT2D eigenvalue weighted by atomic mass is 16.5. The quantitative estimate of drug-likeness (QED) is 0.208. The van der Waals surface area contributed by atoms with E-state index in [1.807, 2.05) is 0 Å². The van der Waals surface area contributed by atoms with Crippen molar-refractivity contribution >= 4 is 6.47 Å². The molecule has 4 heteroatoms. The van der Waals surface area contributed by atoms with Gasteiger partial charge in [0, 0.05) is 25.0 Å². The number of likely N-dealkylation sites (tertiary alicyclic amines) is 1. The van der Waals surface area contributed by atoms with Gasteiger partial charge in [-0.2, -0.15) is 0 Å². The van der Waals surface area contributed by atoms with E-state index >= 15 is 0 Å². The highest BCUT2D eigenvalue weighted by Gasteiger charge is 2.70. The van der Waals surface area contributed by atoms with Crippen LogP contribution in [0.25, 0.3) is 0 Å². The summed E-state index contributed by atoms with van der Waals surface area (Å²) in [5.74, 6) is 4.59. The number of hydrogen-bond donors (Lipinski definition) is 1. The molecular formula is C44H70N2O2. The van der Waals surface area contributed by atoms with Crippen LogP contribution in [0.5, 0.6) is 0 Å². The van der Waals surface area contributed by atoms with Gasteiger partial charge in [0.25, 0.3) is 6.47 Å². The zero-order valence-electron chi connectivity index (χ0n) is 32.0. The van der Waals surface area contributed by atoms with Crippen LogP contribution >= 0.6 is 0 Å². The van der Waals surface area contributed by atoms with Gasteiger partial charge >= 0.3 is 0 Å². The molecule has 0 amide bonds. The van der Waals surface area contributed by atoms with Gasteiger partial charge in [0.05, 0.1) is 0 Å². The Morgan fingerprint density at radius 3 is 2.40 bits per heavy atom. The molecule has 268 valence electrons. The van der Waals surface area contributed by atoms with Gasteiger partial charge in [0.2, 0.25) is 0 Å². The Bertz CT molecular complexity index is 1310. The number of fused-ring (bicyclic) bond motifs is 7. The van der Waals surface area contributed by atoms with Gasteiger partial charge in [-0.05, 0) is 172 Å². The van der Waals surface area contributed by atoms with Crippen LogP contribution in [0.15, 0.2) is 35.5 Å². The highest BCUT2D eigenvalue weighted by molar-refractivity contribution is 5.42. The molecule has 0 aromatic carbocycles. The maximum absolute atomic E-state index is 11.0. The molecule has 1 N–H and O–H groups in total. The minimum Gasteiger partial charge on any atom is -0.464 e. The second-order valence-electron chi connectivity index (χ2n) is 19.7. The van der Waals surface area contributed by atoms with Crippen molar-refractivity contribution in [3.8, 4) is 0 Å². The van der Waals surface area contributed by atoms with Crippen LogP contribution in [0.1, 0.15) is 138 Å². The molecule has 0 spiro atoms. The van der Waals surface area contributed by atoms with E-state index in [0.717, 1.165) is 49.5 Å². The number of carbonyl (C=O) groups is 1. The summed E-state index contributed by atoms with van der Waals surface area (Å²) in [6, 6.07) is 0. The van der Waals surface area contributed by atoms with E-state index < -0.39 is 0 Å². The lowest BCUT2D eigenvalue weighted by Gasteiger charge is -2.72. The molecule has 6 aliphatic carbocycles. The van der Waals surface area contributed by atoms with E-state index in [2.05, 4.69) is 77.4 Å². The molecule has 0 bridgehead atoms. The zero-order valence-corrected chi connectivity index (χ0v) is 32.0. The molecule has 0 unspecified atom stereocenters. The van der Waals surface area contributed by atoms with Crippen molar-refractivity contribution < 1.29 is 9.53 Å². The van der Waals surface area contributed by atoms with E-state index in [1.54, 1.807) is 5.57 Å². The normalized spacial score (nSPS) is 45.9. The summed E-state index contributed by atoms with van der Waals surface area (Å²) in [6.07, 6.45) is 22.9. The van der Waals surface area contributed by atoms with Crippen molar-refractivity contribution in [2.45, 2.75) is 150 Å². The second kappa shape index (κ2) is 12.7. The summed E-state index contributed by atoms with van der Waals surface area (Å²) in [5.41, 5.74) is 6.18. The largest absolute Gasteiger partial charge is 0.464 e. The maximum Gasteiger partial charge on any atom is 0.293 e. The Labute approximate surface area is 294 Å². The number of nitrogens with one attached hydrogen (secondary N) is 1. The molecule has 48 heavy (non-hydrogen) atoms. The fourth-order valence-electron chi connectivity index (χ4n) is 14.6. The Balaban J connectivity index is 1.13. The lowest BCUT2D eigenvalue weighted by molar-refractivity contribution is -0.221. The van der Waals surface area contributed by atoms with Gasteiger partial charge in [-0.15, -0.1) is 0 Å². The molecule has 1 heterocycles. The number of nitrogens with zero attached hydrogens (tertiary/aromatic N) is 1. The van der Waals surface area contributed by atoms with Crippen molar-refractivity contribution in [2.24, 2.45) is 57.2 Å². The standard InChI is InChI=1S/C44H70N2O2/c1-30(2)34-15-22-44(45-25-28-46-26-18-31(3)19-27-46)24-23-42(7)36(39(34)44)13-14-38-41(6)20-16-35(32-9-11-33(12-10-32)48-29-47)40(4,5)37(41)17-21-43(38,42)8/h9,16,29,31,33-34,36-39,45H,1,10-15,17-28H2,2-8H3/t33-,34-,36+,37-,38+,39+,41-,42+,43+,44-/m0/s1. The van der Waals surface area contributed by atoms with E-state index in [1.165, 1.54) is 101 Å². The molecule has 5 fully saturated rings. The zero-order chi connectivity index (χ0) is 34.1. The third-order valence-corrected chi connectivity index (χ3v) is 17.4. The predicted octanol–water partition coefficient (Wildman–Crippen LogP) is 9.91.